The van der Waals surface area contributed by atoms with Gasteiger partial charge in [0.1, 0.15) is 12.1 Å². The summed E-state index contributed by atoms with van der Waals surface area (Å²) < 4.78 is 0. The minimum Gasteiger partial charge on any atom is -0.478 e. The molecule has 2 saturated heterocycles. The molecule has 2 fully saturated rings. The number of nitrogens with zero attached hydrogens (tertiary/aromatic N) is 3. The molecule has 2 atom stereocenters. The maximum absolute atomic E-state index is 12.9. The van der Waals surface area contributed by atoms with E-state index in [1.807, 2.05) is 0 Å². The van der Waals surface area contributed by atoms with Crippen LogP contribution in [0.5, 0.6) is 0 Å². The molecule has 2 aromatic carbocycles. The Balaban J connectivity index is 1.53. The number of hydroxylamine groups is 2. The number of aromatic carboxylic acids is 2. The lowest BCUT2D eigenvalue weighted by Gasteiger charge is -2.25. The van der Waals surface area contributed by atoms with Crippen LogP contribution in [-0.4, -0.2) is 68.1 Å². The van der Waals surface area contributed by atoms with Gasteiger partial charge in [-0.15, -0.1) is 0 Å². The average molecular weight is 467 g/mol. The zero-order chi connectivity index (χ0) is 24.7. The van der Waals surface area contributed by atoms with Gasteiger partial charge in [-0.3, -0.25) is 19.2 Å². The SMILES string of the molecule is O=C(O)c1ccc(N2C(=O)C[C@H](N(O)[C@H]3CC(=O)N(c4ccc(C(=O)O)cc4)C3=O)C2=O)cc1. The number of carbonyl (C=O) groups excluding carboxylic acids is 4. The predicted octanol–water partition coefficient (Wildman–Crippen LogP) is 0.738. The molecule has 3 N–H and O–H groups in total. The molecule has 12 nitrogen and oxygen atoms in total. The van der Waals surface area contributed by atoms with Crippen LogP contribution in [0.2, 0.25) is 0 Å². The Labute approximate surface area is 191 Å². The molecule has 4 rings (SSSR count). The number of benzene rings is 2. The van der Waals surface area contributed by atoms with E-state index in [-0.39, 0.29) is 22.5 Å². The molecule has 2 aromatic rings. The van der Waals surface area contributed by atoms with Crippen molar-refractivity contribution in [1.29, 1.82) is 0 Å². The number of hydrogen-bond donors (Lipinski definition) is 3. The van der Waals surface area contributed by atoms with E-state index >= 15 is 0 Å². The second-order valence-corrected chi connectivity index (χ2v) is 7.66. The van der Waals surface area contributed by atoms with Crippen LogP contribution in [0.4, 0.5) is 11.4 Å². The monoisotopic (exact) mass is 467 g/mol. The van der Waals surface area contributed by atoms with Crippen molar-refractivity contribution in [3.8, 4) is 0 Å². The predicted molar refractivity (Wildman–Crippen MR) is 112 cm³/mol. The lowest BCUT2D eigenvalue weighted by Crippen LogP contribution is -2.49. The van der Waals surface area contributed by atoms with Crippen molar-refractivity contribution in [1.82, 2.24) is 5.06 Å². The second-order valence-electron chi connectivity index (χ2n) is 7.66. The first-order valence-corrected chi connectivity index (χ1v) is 9.97. The molecular weight excluding hydrogens is 450 g/mol. The van der Waals surface area contributed by atoms with Crippen molar-refractivity contribution in [2.45, 2.75) is 24.9 Å². The van der Waals surface area contributed by atoms with E-state index in [4.69, 9.17) is 10.2 Å². The molecule has 12 heteroatoms. The minimum absolute atomic E-state index is 0.0466. The molecule has 0 aromatic heterocycles. The molecule has 0 unspecified atom stereocenters. The van der Waals surface area contributed by atoms with Crippen LogP contribution in [0.25, 0.3) is 0 Å². The van der Waals surface area contributed by atoms with Crippen LogP contribution < -0.4 is 9.80 Å². The number of carboxylic acids is 2. The van der Waals surface area contributed by atoms with Crippen molar-refractivity contribution >= 4 is 46.9 Å². The first-order valence-electron chi connectivity index (χ1n) is 9.97. The topological polar surface area (TPSA) is 173 Å². The number of imide groups is 2. The van der Waals surface area contributed by atoms with Crippen molar-refractivity contribution in [2.75, 3.05) is 9.80 Å². The molecule has 0 radical (unpaired) electrons. The lowest BCUT2D eigenvalue weighted by atomic mass is 10.1. The van der Waals surface area contributed by atoms with E-state index < -0.39 is 60.5 Å². The van der Waals surface area contributed by atoms with E-state index in [1.165, 1.54) is 48.5 Å². The van der Waals surface area contributed by atoms with E-state index in [2.05, 4.69) is 0 Å². The van der Waals surface area contributed by atoms with Crippen LogP contribution in [0.1, 0.15) is 33.6 Å². The fourth-order valence-electron chi connectivity index (χ4n) is 3.91. The maximum Gasteiger partial charge on any atom is 0.335 e. The quantitative estimate of drug-likeness (QED) is 0.406. The summed E-state index contributed by atoms with van der Waals surface area (Å²) in [5.74, 6) is -5.38. The van der Waals surface area contributed by atoms with E-state index in [9.17, 15) is 34.0 Å². The number of carboxylic acid groups (broad SMARTS) is 2. The maximum atomic E-state index is 12.9. The van der Waals surface area contributed by atoms with Gasteiger partial charge in [0.2, 0.25) is 11.8 Å². The molecule has 0 spiro atoms. The zero-order valence-corrected chi connectivity index (χ0v) is 17.3. The summed E-state index contributed by atoms with van der Waals surface area (Å²) in [7, 11) is 0. The third-order valence-corrected chi connectivity index (χ3v) is 5.63. The van der Waals surface area contributed by atoms with Crippen molar-refractivity contribution in [3.05, 3.63) is 59.7 Å². The fraction of sp³-hybridized carbons (Fsp3) is 0.182. The van der Waals surface area contributed by atoms with Gasteiger partial charge in [0, 0.05) is 0 Å². The largest absolute Gasteiger partial charge is 0.478 e. The van der Waals surface area contributed by atoms with Gasteiger partial charge in [-0.1, -0.05) is 0 Å². The zero-order valence-electron chi connectivity index (χ0n) is 17.3. The van der Waals surface area contributed by atoms with Crippen molar-refractivity contribution < 1.29 is 44.2 Å². The number of carbonyl (C=O) groups is 6. The molecular formula is C22H17N3O9. The van der Waals surface area contributed by atoms with Gasteiger partial charge in [-0.25, -0.2) is 19.4 Å². The highest BCUT2D eigenvalue weighted by Gasteiger charge is 2.50. The number of hydrogen-bond acceptors (Lipinski definition) is 8. The molecule has 0 bridgehead atoms. The Kier molecular flexibility index (Phi) is 5.69. The van der Waals surface area contributed by atoms with Crippen LogP contribution in [0.3, 0.4) is 0 Å². The number of amides is 4. The van der Waals surface area contributed by atoms with Crippen molar-refractivity contribution in [3.63, 3.8) is 0 Å². The molecule has 4 amide bonds. The van der Waals surface area contributed by atoms with E-state index in [1.54, 1.807) is 0 Å². The summed E-state index contributed by atoms with van der Waals surface area (Å²) in [5.41, 5.74) is 0.110. The molecule has 2 aliphatic rings. The summed E-state index contributed by atoms with van der Waals surface area (Å²) >= 11 is 0. The van der Waals surface area contributed by atoms with Gasteiger partial charge < -0.3 is 15.4 Å². The molecule has 2 aliphatic heterocycles. The van der Waals surface area contributed by atoms with Crippen LogP contribution in [0.15, 0.2) is 48.5 Å². The highest BCUT2D eigenvalue weighted by molar-refractivity contribution is 6.24. The van der Waals surface area contributed by atoms with Gasteiger partial charge in [-0.2, -0.15) is 5.06 Å². The van der Waals surface area contributed by atoms with Crippen LogP contribution >= 0.6 is 0 Å². The number of rotatable bonds is 6. The van der Waals surface area contributed by atoms with Crippen molar-refractivity contribution in [2.24, 2.45) is 0 Å². The lowest BCUT2D eigenvalue weighted by molar-refractivity contribution is -0.172. The third-order valence-electron chi connectivity index (χ3n) is 5.63. The summed E-state index contributed by atoms with van der Waals surface area (Å²) in [4.78, 5) is 74.4. The number of anilines is 2. The first-order chi connectivity index (χ1) is 16.1. The summed E-state index contributed by atoms with van der Waals surface area (Å²) in [6, 6.07) is 7.11. The molecule has 2 heterocycles. The average Bonchev–Trinajstić information content (AvgIpc) is 3.27. The van der Waals surface area contributed by atoms with Crippen LogP contribution in [-0.2, 0) is 19.2 Å². The highest BCUT2D eigenvalue weighted by atomic mass is 16.5. The Hall–Kier alpha value is -4.42. The molecule has 174 valence electrons. The normalized spacial score (nSPS) is 20.5. The van der Waals surface area contributed by atoms with E-state index in [0.29, 0.717) is 5.06 Å². The Morgan fingerprint density at radius 1 is 0.676 bits per heavy atom. The first kappa shape index (κ1) is 22.8. The Morgan fingerprint density at radius 3 is 1.29 bits per heavy atom. The van der Waals surface area contributed by atoms with Gasteiger partial charge in [0.15, 0.2) is 0 Å². The minimum atomic E-state index is -1.43. The third kappa shape index (κ3) is 3.80. The smallest absolute Gasteiger partial charge is 0.335 e. The highest BCUT2D eigenvalue weighted by Crippen LogP contribution is 2.31. The summed E-state index contributed by atoms with van der Waals surface area (Å²) in [6.07, 6.45) is -0.914. The molecule has 0 aliphatic carbocycles. The van der Waals surface area contributed by atoms with Gasteiger partial charge in [0.05, 0.1) is 35.3 Å². The second kappa shape index (κ2) is 8.50. The molecule has 0 saturated carbocycles. The van der Waals surface area contributed by atoms with Gasteiger partial charge in [-0.05, 0) is 48.5 Å². The Morgan fingerprint density at radius 2 is 1.00 bits per heavy atom. The van der Waals surface area contributed by atoms with E-state index in [0.717, 1.165) is 9.80 Å². The van der Waals surface area contributed by atoms with Gasteiger partial charge in [0.25, 0.3) is 11.8 Å². The van der Waals surface area contributed by atoms with Gasteiger partial charge >= 0.3 is 11.9 Å². The van der Waals surface area contributed by atoms with Crippen LogP contribution in [0, 0.1) is 0 Å². The fourth-order valence-corrected chi connectivity index (χ4v) is 3.91. The molecule has 34 heavy (non-hydrogen) atoms. The summed E-state index contributed by atoms with van der Waals surface area (Å²) in [6.45, 7) is 0. The summed E-state index contributed by atoms with van der Waals surface area (Å²) in [5, 5.41) is 29.1. The Bertz CT molecular complexity index is 1130. The standard InChI is InChI=1S/C22H17N3O9/c26-17-9-15(19(28)23(17)13-5-1-11(2-6-13)21(30)31)25(34)16-10-18(27)24(20(16)29)14-7-3-12(4-8-14)22(32)33/h1-8,15-16,34H,9-10H2,(H,30,31)(H,32,33)/t15-,16-/m0/s1.